The summed E-state index contributed by atoms with van der Waals surface area (Å²) in [6.45, 7) is 1.76. The molecule has 0 aromatic heterocycles. The standard InChI is InChI=1S/C7H8O3S.CH4/c1-6-3-2-4-7(5-6)11(8,9)10;/h2-5H,1H3,(H,8,9,10);1H4. The summed E-state index contributed by atoms with van der Waals surface area (Å²) in [5.74, 6) is 0. The van der Waals surface area contributed by atoms with Crippen LogP contribution in [0.3, 0.4) is 0 Å². The first-order valence-corrected chi connectivity index (χ1v) is 4.48. The third-order valence-electron chi connectivity index (χ3n) is 1.29. The van der Waals surface area contributed by atoms with Gasteiger partial charge in [-0.2, -0.15) is 8.42 Å². The second kappa shape index (κ2) is 3.69. The van der Waals surface area contributed by atoms with Crippen molar-refractivity contribution in [3.63, 3.8) is 0 Å². The lowest BCUT2D eigenvalue weighted by Crippen LogP contribution is -1.97. The monoisotopic (exact) mass is 188 g/mol. The summed E-state index contributed by atoms with van der Waals surface area (Å²) in [4.78, 5) is -0.0579. The highest BCUT2D eigenvalue weighted by Gasteiger charge is 2.07. The Bertz CT molecular complexity index is 354. The van der Waals surface area contributed by atoms with Gasteiger partial charge >= 0.3 is 0 Å². The maximum Gasteiger partial charge on any atom is 0.294 e. The Kier molecular flexibility index (Phi) is 3.42. The van der Waals surface area contributed by atoms with E-state index in [-0.39, 0.29) is 12.3 Å². The van der Waals surface area contributed by atoms with Crippen molar-refractivity contribution < 1.29 is 13.0 Å². The second-order valence-electron chi connectivity index (χ2n) is 2.29. The molecule has 0 unspecified atom stereocenters. The zero-order valence-electron chi connectivity index (χ0n) is 5.98. The van der Waals surface area contributed by atoms with E-state index in [2.05, 4.69) is 0 Å². The third kappa shape index (κ3) is 2.64. The highest BCUT2D eigenvalue weighted by Crippen LogP contribution is 2.09. The van der Waals surface area contributed by atoms with Gasteiger partial charge in [0.15, 0.2) is 0 Å². The maximum atomic E-state index is 10.5. The van der Waals surface area contributed by atoms with Crippen molar-refractivity contribution >= 4 is 10.1 Å². The smallest absolute Gasteiger partial charge is 0.282 e. The fraction of sp³-hybridized carbons (Fsp3) is 0.250. The molecule has 12 heavy (non-hydrogen) atoms. The Morgan fingerprint density at radius 3 is 2.25 bits per heavy atom. The van der Waals surface area contributed by atoms with E-state index < -0.39 is 10.1 Å². The molecule has 0 radical (unpaired) electrons. The van der Waals surface area contributed by atoms with Crippen LogP contribution in [0.15, 0.2) is 29.2 Å². The van der Waals surface area contributed by atoms with Gasteiger partial charge in [0.1, 0.15) is 0 Å². The highest BCUT2D eigenvalue weighted by molar-refractivity contribution is 7.85. The van der Waals surface area contributed by atoms with Crippen LogP contribution in [0.1, 0.15) is 13.0 Å². The molecule has 0 saturated heterocycles. The minimum Gasteiger partial charge on any atom is -0.282 e. The van der Waals surface area contributed by atoms with Crippen molar-refractivity contribution in [2.45, 2.75) is 19.2 Å². The Morgan fingerprint density at radius 2 is 1.92 bits per heavy atom. The van der Waals surface area contributed by atoms with Crippen LogP contribution >= 0.6 is 0 Å². The van der Waals surface area contributed by atoms with E-state index in [1.807, 2.05) is 0 Å². The predicted octanol–water partition coefficient (Wildman–Crippen LogP) is 1.88. The van der Waals surface area contributed by atoms with E-state index in [9.17, 15) is 8.42 Å². The molecule has 0 fully saturated rings. The number of benzene rings is 1. The molecular weight excluding hydrogens is 176 g/mol. The summed E-state index contributed by atoms with van der Waals surface area (Å²) in [5, 5.41) is 0. The molecule has 0 aliphatic carbocycles. The van der Waals surface area contributed by atoms with E-state index in [1.54, 1.807) is 19.1 Å². The molecule has 0 atom stereocenters. The molecule has 0 spiro atoms. The summed E-state index contributed by atoms with van der Waals surface area (Å²) < 4.78 is 29.7. The van der Waals surface area contributed by atoms with Crippen molar-refractivity contribution in [2.24, 2.45) is 0 Å². The first-order chi connectivity index (χ1) is 5.00. The fourth-order valence-electron chi connectivity index (χ4n) is 0.776. The first kappa shape index (κ1) is 11.1. The fourth-order valence-corrected chi connectivity index (χ4v) is 1.36. The van der Waals surface area contributed by atoms with Crippen molar-refractivity contribution in [1.82, 2.24) is 0 Å². The number of aryl methyl sites for hydroxylation is 1. The van der Waals surface area contributed by atoms with Crippen molar-refractivity contribution in [2.75, 3.05) is 0 Å². The molecule has 1 N–H and O–H groups in total. The van der Waals surface area contributed by atoms with Crippen LogP contribution in [0.4, 0.5) is 0 Å². The topological polar surface area (TPSA) is 54.4 Å². The van der Waals surface area contributed by atoms with Gasteiger partial charge in [0.2, 0.25) is 0 Å². The van der Waals surface area contributed by atoms with Crippen molar-refractivity contribution in [1.29, 1.82) is 0 Å². The molecule has 0 amide bonds. The van der Waals surface area contributed by atoms with Crippen molar-refractivity contribution in [3.05, 3.63) is 29.8 Å². The van der Waals surface area contributed by atoms with Crippen LogP contribution in [0, 0.1) is 6.92 Å². The molecule has 3 nitrogen and oxygen atoms in total. The molecule has 0 bridgehead atoms. The Labute approximate surface area is 72.8 Å². The zero-order valence-corrected chi connectivity index (χ0v) is 6.80. The van der Waals surface area contributed by atoms with Crippen LogP contribution in [0.2, 0.25) is 0 Å². The number of hydrogen-bond donors (Lipinski definition) is 1. The van der Waals surface area contributed by atoms with Crippen LogP contribution in [0.5, 0.6) is 0 Å². The van der Waals surface area contributed by atoms with E-state index >= 15 is 0 Å². The molecule has 1 rings (SSSR count). The van der Waals surface area contributed by atoms with Gasteiger partial charge in [0, 0.05) is 0 Å². The van der Waals surface area contributed by atoms with Gasteiger partial charge in [-0.3, -0.25) is 4.55 Å². The number of rotatable bonds is 1. The highest BCUT2D eigenvalue weighted by atomic mass is 32.2. The van der Waals surface area contributed by atoms with E-state index in [1.165, 1.54) is 12.1 Å². The number of hydrogen-bond acceptors (Lipinski definition) is 2. The Balaban J connectivity index is 0.00000121. The molecule has 0 heterocycles. The minimum absolute atomic E-state index is 0. The molecule has 4 heteroatoms. The summed E-state index contributed by atoms with van der Waals surface area (Å²) in [7, 11) is -4.03. The van der Waals surface area contributed by atoms with Crippen LogP contribution in [-0.2, 0) is 10.1 Å². The Morgan fingerprint density at radius 1 is 1.33 bits per heavy atom. The van der Waals surface area contributed by atoms with Crippen LogP contribution in [-0.4, -0.2) is 13.0 Å². The summed E-state index contributed by atoms with van der Waals surface area (Å²) in [5.41, 5.74) is 0.806. The van der Waals surface area contributed by atoms with E-state index in [0.29, 0.717) is 0 Å². The van der Waals surface area contributed by atoms with Crippen molar-refractivity contribution in [3.8, 4) is 0 Å². The quantitative estimate of drug-likeness (QED) is 0.684. The van der Waals surface area contributed by atoms with Gasteiger partial charge in [-0.05, 0) is 24.6 Å². The average molecular weight is 188 g/mol. The molecule has 0 aliphatic heterocycles. The molecule has 68 valence electrons. The molecule has 1 aromatic rings. The van der Waals surface area contributed by atoms with E-state index in [4.69, 9.17) is 4.55 Å². The largest absolute Gasteiger partial charge is 0.294 e. The lowest BCUT2D eigenvalue weighted by Gasteiger charge is -1.96. The molecule has 0 aliphatic rings. The predicted molar refractivity (Wildman–Crippen MR) is 47.7 cm³/mol. The van der Waals surface area contributed by atoms with Gasteiger partial charge in [-0.1, -0.05) is 19.6 Å². The van der Waals surface area contributed by atoms with Gasteiger partial charge in [0.25, 0.3) is 10.1 Å². The third-order valence-corrected chi connectivity index (χ3v) is 2.14. The molecule has 1 aromatic carbocycles. The summed E-state index contributed by atoms with van der Waals surface area (Å²) >= 11 is 0. The SMILES string of the molecule is C.Cc1cccc(S(=O)(=O)O)c1. The van der Waals surface area contributed by atoms with Gasteiger partial charge in [-0.15, -0.1) is 0 Å². The van der Waals surface area contributed by atoms with Gasteiger partial charge in [0.05, 0.1) is 4.90 Å². The van der Waals surface area contributed by atoms with Gasteiger partial charge in [-0.25, -0.2) is 0 Å². The molecular formula is C8H12O3S. The maximum absolute atomic E-state index is 10.5. The lowest BCUT2D eigenvalue weighted by atomic mass is 10.2. The molecule has 0 saturated carbocycles. The summed E-state index contributed by atoms with van der Waals surface area (Å²) in [6.07, 6.45) is 0. The zero-order chi connectivity index (χ0) is 8.48. The van der Waals surface area contributed by atoms with Crippen LogP contribution in [0.25, 0.3) is 0 Å². The first-order valence-electron chi connectivity index (χ1n) is 3.04. The minimum atomic E-state index is -4.03. The Hall–Kier alpha value is -0.870. The normalized spacial score (nSPS) is 10.5. The van der Waals surface area contributed by atoms with Gasteiger partial charge < -0.3 is 0 Å². The van der Waals surface area contributed by atoms with Crippen LogP contribution < -0.4 is 0 Å². The lowest BCUT2D eigenvalue weighted by molar-refractivity contribution is 0.483. The van der Waals surface area contributed by atoms with E-state index in [0.717, 1.165) is 5.56 Å². The second-order valence-corrected chi connectivity index (χ2v) is 3.71. The summed E-state index contributed by atoms with van der Waals surface area (Å²) in [6, 6.07) is 6.10. The average Bonchev–Trinajstić information content (AvgIpc) is 1.86.